The molecule has 1 aromatic carbocycles. The summed E-state index contributed by atoms with van der Waals surface area (Å²) in [5, 5.41) is 16.5. The number of aliphatic hydroxyl groups excluding tert-OH is 1. The Balaban J connectivity index is 2.10. The van der Waals surface area contributed by atoms with Crippen molar-refractivity contribution in [3.05, 3.63) is 52.9 Å². The maximum Gasteiger partial charge on any atom is 0.416 e. The van der Waals surface area contributed by atoms with Crippen LogP contribution in [0.5, 0.6) is 0 Å². The molecule has 1 heterocycles. The molecule has 130 valence electrons. The molecule has 0 saturated heterocycles. The molecular weight excluding hydrogens is 325 g/mol. The first-order chi connectivity index (χ1) is 11.2. The number of carbonyl (C=O) groups is 1. The largest absolute Gasteiger partial charge is 0.416 e. The lowest BCUT2D eigenvalue weighted by atomic mass is 9.99. The van der Waals surface area contributed by atoms with Gasteiger partial charge in [-0.3, -0.25) is 4.79 Å². The standard InChI is InChI=1S/C16H17F3N2O3/c1-3-12(20-15(23)13-8-9(2)21-24-13)14(22)10-4-6-11(7-5-10)16(17,18)19/h4-8,12,14,22H,3H2,1-2H3,(H,20,23). The van der Waals surface area contributed by atoms with Gasteiger partial charge in [-0.15, -0.1) is 0 Å². The molecule has 2 N–H and O–H groups in total. The van der Waals surface area contributed by atoms with E-state index in [2.05, 4.69) is 10.5 Å². The van der Waals surface area contributed by atoms with Crippen LogP contribution in [-0.4, -0.2) is 22.2 Å². The van der Waals surface area contributed by atoms with Gasteiger partial charge in [0.15, 0.2) is 0 Å². The maximum atomic E-state index is 12.6. The minimum Gasteiger partial charge on any atom is -0.386 e. The number of hydrogen-bond acceptors (Lipinski definition) is 4. The zero-order valence-electron chi connectivity index (χ0n) is 13.1. The van der Waals surface area contributed by atoms with Crippen LogP contribution < -0.4 is 5.32 Å². The second kappa shape index (κ2) is 7.04. The van der Waals surface area contributed by atoms with Crippen molar-refractivity contribution in [2.24, 2.45) is 0 Å². The molecule has 0 bridgehead atoms. The van der Waals surface area contributed by atoms with Crippen molar-refractivity contribution < 1.29 is 27.6 Å². The van der Waals surface area contributed by atoms with Gasteiger partial charge in [0.2, 0.25) is 5.76 Å². The van der Waals surface area contributed by atoms with Crippen LogP contribution in [0.2, 0.25) is 0 Å². The van der Waals surface area contributed by atoms with Crippen molar-refractivity contribution in [2.75, 3.05) is 0 Å². The molecule has 0 aliphatic rings. The van der Waals surface area contributed by atoms with E-state index in [4.69, 9.17) is 4.52 Å². The van der Waals surface area contributed by atoms with Crippen molar-refractivity contribution in [1.82, 2.24) is 10.5 Å². The highest BCUT2D eigenvalue weighted by atomic mass is 19.4. The average Bonchev–Trinajstić information content (AvgIpc) is 2.97. The van der Waals surface area contributed by atoms with Gasteiger partial charge >= 0.3 is 6.18 Å². The van der Waals surface area contributed by atoms with Crippen molar-refractivity contribution >= 4 is 5.91 Å². The third kappa shape index (κ3) is 4.14. The van der Waals surface area contributed by atoms with Crippen LogP contribution in [0.15, 0.2) is 34.9 Å². The van der Waals surface area contributed by atoms with Gasteiger partial charge in [-0.2, -0.15) is 13.2 Å². The highest BCUT2D eigenvalue weighted by Gasteiger charge is 2.31. The molecule has 2 unspecified atom stereocenters. The quantitative estimate of drug-likeness (QED) is 0.875. The van der Waals surface area contributed by atoms with E-state index in [9.17, 15) is 23.1 Å². The summed E-state index contributed by atoms with van der Waals surface area (Å²) in [5.74, 6) is -0.543. The molecule has 5 nitrogen and oxygen atoms in total. The Morgan fingerprint density at radius 1 is 1.33 bits per heavy atom. The SMILES string of the molecule is CCC(NC(=O)c1cc(C)no1)C(O)c1ccc(C(F)(F)F)cc1. The third-order valence-electron chi connectivity index (χ3n) is 3.57. The number of alkyl halides is 3. The topological polar surface area (TPSA) is 75.4 Å². The molecular formula is C16H17F3N2O3. The van der Waals surface area contributed by atoms with Gasteiger partial charge in [-0.25, -0.2) is 0 Å². The zero-order chi connectivity index (χ0) is 17.9. The number of aromatic nitrogens is 1. The Kier molecular flexibility index (Phi) is 5.28. The molecule has 8 heteroatoms. The number of nitrogens with zero attached hydrogens (tertiary/aromatic N) is 1. The predicted molar refractivity (Wildman–Crippen MR) is 79.2 cm³/mol. The third-order valence-corrected chi connectivity index (χ3v) is 3.57. The van der Waals surface area contributed by atoms with E-state index in [0.29, 0.717) is 12.1 Å². The molecule has 2 atom stereocenters. The average molecular weight is 342 g/mol. The van der Waals surface area contributed by atoms with E-state index in [1.807, 2.05) is 0 Å². The summed E-state index contributed by atoms with van der Waals surface area (Å²) in [6.07, 6.45) is -5.21. The van der Waals surface area contributed by atoms with Crippen LogP contribution in [0, 0.1) is 6.92 Å². The lowest BCUT2D eigenvalue weighted by Crippen LogP contribution is -2.38. The summed E-state index contributed by atoms with van der Waals surface area (Å²) in [6.45, 7) is 3.40. The van der Waals surface area contributed by atoms with Crippen molar-refractivity contribution in [2.45, 2.75) is 38.6 Å². The van der Waals surface area contributed by atoms with Crippen molar-refractivity contribution in [3.8, 4) is 0 Å². The number of aliphatic hydroxyl groups is 1. The van der Waals surface area contributed by atoms with E-state index in [-0.39, 0.29) is 11.3 Å². The number of halogens is 3. The molecule has 2 aromatic rings. The van der Waals surface area contributed by atoms with E-state index in [0.717, 1.165) is 12.1 Å². The number of rotatable bonds is 5. The molecule has 1 amide bonds. The Morgan fingerprint density at radius 2 is 1.96 bits per heavy atom. The number of benzene rings is 1. The van der Waals surface area contributed by atoms with Gasteiger partial charge in [0, 0.05) is 6.07 Å². The molecule has 0 spiro atoms. The Hall–Kier alpha value is -2.35. The predicted octanol–water partition coefficient (Wildman–Crippen LogP) is 3.24. The molecule has 2 rings (SSSR count). The minimum absolute atomic E-state index is 0.00516. The summed E-state index contributed by atoms with van der Waals surface area (Å²) in [4.78, 5) is 12.0. The Bertz CT molecular complexity index is 695. The zero-order valence-corrected chi connectivity index (χ0v) is 13.1. The molecule has 0 aliphatic carbocycles. The summed E-state index contributed by atoms with van der Waals surface area (Å²) in [7, 11) is 0. The van der Waals surface area contributed by atoms with E-state index < -0.39 is 29.8 Å². The minimum atomic E-state index is -4.44. The smallest absolute Gasteiger partial charge is 0.386 e. The van der Waals surface area contributed by atoms with Gasteiger partial charge < -0.3 is 14.9 Å². The molecule has 0 aliphatic heterocycles. The monoisotopic (exact) mass is 342 g/mol. The number of hydrogen-bond donors (Lipinski definition) is 2. The fourth-order valence-corrected chi connectivity index (χ4v) is 2.22. The van der Waals surface area contributed by atoms with Gasteiger partial charge in [0.1, 0.15) is 0 Å². The van der Waals surface area contributed by atoms with Crippen LogP contribution in [0.4, 0.5) is 13.2 Å². The molecule has 0 fully saturated rings. The van der Waals surface area contributed by atoms with Crippen LogP contribution in [0.1, 0.15) is 46.8 Å². The number of amides is 1. The lowest BCUT2D eigenvalue weighted by Gasteiger charge is -2.23. The first-order valence-electron chi connectivity index (χ1n) is 7.31. The second-order valence-electron chi connectivity index (χ2n) is 5.39. The van der Waals surface area contributed by atoms with Crippen LogP contribution in [0.3, 0.4) is 0 Å². The Labute approximate surface area is 136 Å². The van der Waals surface area contributed by atoms with Gasteiger partial charge in [-0.05, 0) is 31.0 Å². The fourth-order valence-electron chi connectivity index (χ4n) is 2.22. The van der Waals surface area contributed by atoms with Crippen molar-refractivity contribution in [1.29, 1.82) is 0 Å². The van der Waals surface area contributed by atoms with Gasteiger partial charge in [0.05, 0.1) is 23.4 Å². The normalized spacial score (nSPS) is 14.2. The van der Waals surface area contributed by atoms with Crippen LogP contribution >= 0.6 is 0 Å². The highest BCUT2D eigenvalue weighted by molar-refractivity contribution is 5.91. The second-order valence-corrected chi connectivity index (χ2v) is 5.39. The molecule has 1 aromatic heterocycles. The number of nitrogens with one attached hydrogen (secondary N) is 1. The van der Waals surface area contributed by atoms with E-state index in [1.165, 1.54) is 18.2 Å². The van der Waals surface area contributed by atoms with Crippen LogP contribution in [0.25, 0.3) is 0 Å². The maximum absolute atomic E-state index is 12.6. The van der Waals surface area contributed by atoms with Gasteiger partial charge in [0.25, 0.3) is 5.91 Å². The van der Waals surface area contributed by atoms with Crippen LogP contribution in [-0.2, 0) is 6.18 Å². The fraction of sp³-hybridized carbons (Fsp3) is 0.375. The number of carbonyl (C=O) groups excluding carboxylic acids is 1. The summed E-state index contributed by atoms with van der Waals surface area (Å²) in [5.41, 5.74) is 0.0213. The lowest BCUT2D eigenvalue weighted by molar-refractivity contribution is -0.137. The first kappa shape index (κ1) is 18.0. The van der Waals surface area contributed by atoms with E-state index >= 15 is 0 Å². The number of aryl methyl sites for hydroxylation is 1. The first-order valence-corrected chi connectivity index (χ1v) is 7.31. The van der Waals surface area contributed by atoms with Gasteiger partial charge in [-0.1, -0.05) is 24.2 Å². The molecule has 24 heavy (non-hydrogen) atoms. The highest BCUT2D eigenvalue weighted by Crippen LogP contribution is 2.30. The molecule has 0 radical (unpaired) electrons. The summed E-state index contributed by atoms with van der Waals surface area (Å²) >= 11 is 0. The van der Waals surface area contributed by atoms with Crippen molar-refractivity contribution in [3.63, 3.8) is 0 Å². The summed E-state index contributed by atoms with van der Waals surface area (Å²) < 4.78 is 42.6. The summed E-state index contributed by atoms with van der Waals surface area (Å²) in [6, 6.07) is 4.95. The van der Waals surface area contributed by atoms with E-state index in [1.54, 1.807) is 13.8 Å². The molecule has 0 saturated carbocycles. The Morgan fingerprint density at radius 3 is 2.42 bits per heavy atom.